The molecule has 2 rings (SSSR count). The van der Waals surface area contributed by atoms with Gasteiger partial charge in [0.2, 0.25) is 0 Å². The van der Waals surface area contributed by atoms with E-state index in [-0.39, 0.29) is 16.8 Å². The van der Waals surface area contributed by atoms with Crippen LogP contribution in [0.5, 0.6) is 0 Å². The van der Waals surface area contributed by atoms with Crippen molar-refractivity contribution >= 4 is 33.2 Å². The number of nitrogens with zero attached hydrogens (tertiary/aromatic N) is 1. The summed E-state index contributed by atoms with van der Waals surface area (Å²) in [6, 6.07) is 12.7. The number of hydrogen-bond donors (Lipinski definition) is 1. The van der Waals surface area contributed by atoms with E-state index >= 15 is 0 Å². The summed E-state index contributed by atoms with van der Waals surface area (Å²) >= 11 is 5.95. The highest BCUT2D eigenvalue weighted by atomic mass is 35.5. The largest absolute Gasteiger partial charge is 0.349 e. The SMILES string of the molecule is CCC(CC)NC(=O)c1cccc(S(=O)(=O)N(C)c2cccc(Cl)c2)c1. The summed E-state index contributed by atoms with van der Waals surface area (Å²) < 4.78 is 27.0. The summed E-state index contributed by atoms with van der Waals surface area (Å²) in [5.41, 5.74) is 0.766. The topological polar surface area (TPSA) is 66.5 Å². The Morgan fingerprint density at radius 2 is 1.77 bits per heavy atom. The van der Waals surface area contributed by atoms with Gasteiger partial charge >= 0.3 is 0 Å². The van der Waals surface area contributed by atoms with Crippen LogP contribution in [0.25, 0.3) is 0 Å². The van der Waals surface area contributed by atoms with Crippen molar-refractivity contribution in [2.75, 3.05) is 11.4 Å². The number of nitrogens with one attached hydrogen (secondary N) is 1. The molecule has 0 bridgehead atoms. The zero-order chi connectivity index (χ0) is 19.3. The predicted octanol–water partition coefficient (Wildman–Crippen LogP) is 4.08. The second kappa shape index (κ2) is 8.56. The predicted molar refractivity (Wildman–Crippen MR) is 105 cm³/mol. The van der Waals surface area contributed by atoms with Crippen molar-refractivity contribution in [2.24, 2.45) is 0 Å². The number of carbonyl (C=O) groups is 1. The van der Waals surface area contributed by atoms with Crippen LogP contribution in [0.4, 0.5) is 5.69 Å². The van der Waals surface area contributed by atoms with Gasteiger partial charge in [-0.3, -0.25) is 9.10 Å². The van der Waals surface area contributed by atoms with Crippen LogP contribution in [-0.4, -0.2) is 27.4 Å². The van der Waals surface area contributed by atoms with E-state index in [0.29, 0.717) is 16.3 Å². The lowest BCUT2D eigenvalue weighted by molar-refractivity contribution is 0.0934. The standard InChI is InChI=1S/C19H23ClN2O3S/c1-4-16(5-2)21-19(23)14-8-6-11-18(12-14)26(24,25)22(3)17-10-7-9-15(20)13-17/h6-13,16H,4-5H2,1-3H3,(H,21,23). The lowest BCUT2D eigenvalue weighted by Crippen LogP contribution is -2.34. The minimum Gasteiger partial charge on any atom is -0.349 e. The number of rotatable bonds is 7. The number of sulfonamides is 1. The molecule has 5 nitrogen and oxygen atoms in total. The summed E-state index contributed by atoms with van der Waals surface area (Å²) in [5, 5.41) is 3.36. The molecule has 0 atom stereocenters. The van der Waals surface area contributed by atoms with Gasteiger partial charge in [0.15, 0.2) is 0 Å². The lowest BCUT2D eigenvalue weighted by atomic mass is 10.1. The fraction of sp³-hybridized carbons (Fsp3) is 0.316. The summed E-state index contributed by atoms with van der Waals surface area (Å²) in [6.07, 6.45) is 1.63. The number of carbonyl (C=O) groups excluding carboxylic acids is 1. The zero-order valence-electron chi connectivity index (χ0n) is 15.1. The van der Waals surface area contributed by atoms with Gasteiger partial charge in [-0.25, -0.2) is 8.42 Å². The van der Waals surface area contributed by atoms with E-state index in [2.05, 4.69) is 5.32 Å². The van der Waals surface area contributed by atoms with Gasteiger partial charge < -0.3 is 5.32 Å². The number of anilines is 1. The molecule has 2 aromatic rings. The van der Waals surface area contributed by atoms with Crippen molar-refractivity contribution in [2.45, 2.75) is 37.6 Å². The first-order valence-electron chi connectivity index (χ1n) is 8.45. The van der Waals surface area contributed by atoms with Crippen LogP contribution in [0.3, 0.4) is 0 Å². The molecule has 0 saturated heterocycles. The van der Waals surface area contributed by atoms with Crippen molar-refractivity contribution in [1.29, 1.82) is 0 Å². The summed E-state index contributed by atoms with van der Waals surface area (Å²) in [6.45, 7) is 3.99. The Labute approximate surface area is 160 Å². The third-order valence-corrected chi connectivity index (χ3v) is 6.26. The highest BCUT2D eigenvalue weighted by molar-refractivity contribution is 7.92. The van der Waals surface area contributed by atoms with Gasteiger partial charge in [-0.1, -0.05) is 37.6 Å². The van der Waals surface area contributed by atoms with Gasteiger partial charge in [0.1, 0.15) is 0 Å². The highest BCUT2D eigenvalue weighted by Gasteiger charge is 2.23. The molecule has 0 saturated carbocycles. The third kappa shape index (κ3) is 4.56. The number of halogens is 1. The molecule has 0 aliphatic rings. The molecule has 140 valence electrons. The maximum atomic E-state index is 12.9. The summed E-state index contributed by atoms with van der Waals surface area (Å²) in [5.74, 6) is -0.277. The fourth-order valence-electron chi connectivity index (χ4n) is 2.53. The summed E-state index contributed by atoms with van der Waals surface area (Å²) in [4.78, 5) is 12.5. The molecular weight excluding hydrogens is 372 g/mol. The van der Waals surface area contributed by atoms with Crippen LogP contribution in [0.2, 0.25) is 5.02 Å². The van der Waals surface area contributed by atoms with Gasteiger partial charge in [0, 0.05) is 23.7 Å². The number of benzene rings is 2. The highest BCUT2D eigenvalue weighted by Crippen LogP contribution is 2.25. The van der Waals surface area contributed by atoms with Crippen molar-refractivity contribution < 1.29 is 13.2 Å². The second-order valence-corrected chi connectivity index (χ2v) is 8.37. The molecule has 0 fully saturated rings. The Balaban J connectivity index is 2.32. The fourth-order valence-corrected chi connectivity index (χ4v) is 3.95. The quantitative estimate of drug-likeness (QED) is 0.769. The van der Waals surface area contributed by atoms with Gasteiger partial charge in [-0.05, 0) is 49.2 Å². The molecule has 1 N–H and O–H groups in total. The summed E-state index contributed by atoms with van der Waals surface area (Å²) in [7, 11) is -2.35. The van der Waals surface area contributed by atoms with E-state index in [1.54, 1.807) is 36.4 Å². The number of hydrogen-bond acceptors (Lipinski definition) is 3. The second-order valence-electron chi connectivity index (χ2n) is 5.97. The van der Waals surface area contributed by atoms with Gasteiger partial charge in [-0.2, -0.15) is 0 Å². The molecule has 0 aliphatic carbocycles. The average molecular weight is 395 g/mol. The Kier molecular flexibility index (Phi) is 6.67. The molecule has 0 spiro atoms. The van der Waals surface area contributed by atoms with Gasteiger partial charge in [0.05, 0.1) is 10.6 Å². The molecule has 2 aromatic carbocycles. The molecule has 0 heterocycles. The molecule has 26 heavy (non-hydrogen) atoms. The minimum atomic E-state index is -3.81. The lowest BCUT2D eigenvalue weighted by Gasteiger charge is -2.20. The first-order chi connectivity index (χ1) is 12.3. The zero-order valence-corrected chi connectivity index (χ0v) is 16.6. The van der Waals surface area contributed by atoms with Crippen LogP contribution in [0, 0.1) is 0 Å². The third-order valence-electron chi connectivity index (χ3n) is 4.25. The van der Waals surface area contributed by atoms with E-state index in [4.69, 9.17) is 11.6 Å². The Morgan fingerprint density at radius 1 is 1.12 bits per heavy atom. The van der Waals surface area contributed by atoms with Crippen LogP contribution in [0.1, 0.15) is 37.0 Å². The molecule has 0 radical (unpaired) electrons. The smallest absolute Gasteiger partial charge is 0.264 e. The van der Waals surface area contributed by atoms with E-state index in [9.17, 15) is 13.2 Å². The first-order valence-corrected chi connectivity index (χ1v) is 10.3. The molecule has 0 aromatic heterocycles. The molecule has 0 aliphatic heterocycles. The molecule has 1 amide bonds. The normalized spacial score (nSPS) is 11.4. The molecular formula is C19H23ClN2O3S. The van der Waals surface area contributed by atoms with E-state index in [0.717, 1.165) is 17.1 Å². The van der Waals surface area contributed by atoms with Crippen molar-refractivity contribution in [3.8, 4) is 0 Å². The van der Waals surface area contributed by atoms with Crippen LogP contribution in [-0.2, 0) is 10.0 Å². The Morgan fingerprint density at radius 3 is 2.38 bits per heavy atom. The first kappa shape index (κ1) is 20.3. The monoisotopic (exact) mass is 394 g/mol. The molecule has 0 unspecified atom stereocenters. The maximum absolute atomic E-state index is 12.9. The maximum Gasteiger partial charge on any atom is 0.264 e. The van der Waals surface area contributed by atoms with Gasteiger partial charge in [-0.15, -0.1) is 0 Å². The van der Waals surface area contributed by atoms with Crippen molar-refractivity contribution in [3.05, 3.63) is 59.1 Å². The minimum absolute atomic E-state index is 0.0529. The Hall–Kier alpha value is -2.05. The van der Waals surface area contributed by atoms with E-state index < -0.39 is 10.0 Å². The molecule has 7 heteroatoms. The van der Waals surface area contributed by atoms with Crippen molar-refractivity contribution in [3.63, 3.8) is 0 Å². The van der Waals surface area contributed by atoms with E-state index in [1.807, 2.05) is 13.8 Å². The van der Waals surface area contributed by atoms with Crippen LogP contribution in [0.15, 0.2) is 53.4 Å². The van der Waals surface area contributed by atoms with Gasteiger partial charge in [0.25, 0.3) is 15.9 Å². The number of amides is 1. The Bertz CT molecular complexity index is 880. The van der Waals surface area contributed by atoms with E-state index in [1.165, 1.54) is 19.2 Å². The van der Waals surface area contributed by atoms with Crippen molar-refractivity contribution in [1.82, 2.24) is 5.32 Å². The van der Waals surface area contributed by atoms with Crippen LogP contribution < -0.4 is 9.62 Å². The van der Waals surface area contributed by atoms with Crippen LogP contribution >= 0.6 is 11.6 Å². The average Bonchev–Trinajstić information content (AvgIpc) is 2.65.